The monoisotopic (exact) mass is 397 g/mol. The second-order valence-electron chi connectivity index (χ2n) is 11.6. The summed E-state index contributed by atoms with van der Waals surface area (Å²) in [5.74, 6) is 3.40. The molecule has 4 saturated carbocycles. The number of rotatable bonds is 2. The number of aliphatic hydroxyl groups excluding tert-OH is 1. The fourth-order valence-electron chi connectivity index (χ4n) is 9.05. The standard InChI is InChI=1S/C26H39NO2/c1-24-12-8-19(28)16-18(24)4-5-20-21-6-7-23(25(21,2)13-9-22(20)24)26(3,29)17-10-14-27-15-11-17/h10-11,14-15,18-23,28-29H,4-9,12-13,16H2,1-3H3/t18?,19-,20-,21-,22-,23-,24-,25-,26?/m0/s1. The Kier molecular flexibility index (Phi) is 4.68. The Morgan fingerprint density at radius 3 is 2.38 bits per heavy atom. The summed E-state index contributed by atoms with van der Waals surface area (Å²) in [5, 5.41) is 21.9. The van der Waals surface area contributed by atoms with E-state index in [1.54, 1.807) is 0 Å². The van der Waals surface area contributed by atoms with Crippen molar-refractivity contribution < 1.29 is 10.2 Å². The van der Waals surface area contributed by atoms with E-state index in [0.717, 1.165) is 42.6 Å². The van der Waals surface area contributed by atoms with Crippen LogP contribution in [-0.2, 0) is 5.60 Å². The van der Waals surface area contributed by atoms with Gasteiger partial charge in [0.05, 0.1) is 11.7 Å². The highest BCUT2D eigenvalue weighted by molar-refractivity contribution is 5.23. The number of pyridine rings is 1. The van der Waals surface area contributed by atoms with Crippen molar-refractivity contribution in [1.82, 2.24) is 4.98 Å². The number of nitrogens with zero attached hydrogens (tertiary/aromatic N) is 1. The van der Waals surface area contributed by atoms with Crippen molar-refractivity contribution in [2.45, 2.75) is 90.3 Å². The van der Waals surface area contributed by atoms with Crippen LogP contribution in [0.1, 0.15) is 84.1 Å². The highest BCUT2D eigenvalue weighted by Crippen LogP contribution is 2.69. The Labute approximate surface area is 176 Å². The van der Waals surface area contributed by atoms with E-state index < -0.39 is 5.60 Å². The third-order valence-corrected chi connectivity index (χ3v) is 10.6. The SMILES string of the molecule is CC(O)(c1ccncc1)[C@H]1CC[C@H]2[C@@H]3CCC4C[C@@H](O)CC[C@]4(C)[C@H]3CC[C@]12C. The van der Waals surface area contributed by atoms with Crippen LogP contribution in [-0.4, -0.2) is 21.3 Å². The highest BCUT2D eigenvalue weighted by atomic mass is 16.3. The molecule has 0 bridgehead atoms. The molecule has 1 aromatic rings. The molecule has 4 aliphatic carbocycles. The van der Waals surface area contributed by atoms with Gasteiger partial charge in [0.2, 0.25) is 0 Å². The average molecular weight is 398 g/mol. The average Bonchev–Trinajstić information content (AvgIpc) is 3.07. The molecule has 1 aromatic heterocycles. The van der Waals surface area contributed by atoms with Gasteiger partial charge >= 0.3 is 0 Å². The third-order valence-electron chi connectivity index (χ3n) is 10.6. The maximum Gasteiger partial charge on any atom is 0.0902 e. The van der Waals surface area contributed by atoms with Crippen LogP contribution in [0, 0.1) is 40.4 Å². The molecule has 160 valence electrons. The summed E-state index contributed by atoms with van der Waals surface area (Å²) in [6.45, 7) is 7.11. The Morgan fingerprint density at radius 2 is 1.62 bits per heavy atom. The lowest BCUT2D eigenvalue weighted by molar-refractivity contribution is -0.145. The van der Waals surface area contributed by atoms with Crippen LogP contribution >= 0.6 is 0 Å². The van der Waals surface area contributed by atoms with E-state index in [-0.39, 0.29) is 11.5 Å². The molecule has 0 saturated heterocycles. The van der Waals surface area contributed by atoms with E-state index in [9.17, 15) is 10.2 Å². The molecule has 3 heteroatoms. The van der Waals surface area contributed by atoms with Crippen molar-refractivity contribution in [3.8, 4) is 0 Å². The second kappa shape index (κ2) is 6.79. The molecule has 5 rings (SSSR count). The van der Waals surface area contributed by atoms with Crippen molar-refractivity contribution >= 4 is 0 Å². The lowest BCUT2D eigenvalue weighted by Crippen LogP contribution is -2.55. The molecular weight excluding hydrogens is 358 g/mol. The van der Waals surface area contributed by atoms with Crippen LogP contribution in [0.2, 0.25) is 0 Å². The van der Waals surface area contributed by atoms with Crippen molar-refractivity contribution in [3.63, 3.8) is 0 Å². The van der Waals surface area contributed by atoms with Gasteiger partial charge in [-0.15, -0.1) is 0 Å². The molecule has 2 unspecified atom stereocenters. The quantitative estimate of drug-likeness (QED) is 0.711. The van der Waals surface area contributed by atoms with E-state index in [2.05, 4.69) is 18.8 Å². The normalized spacial score (nSPS) is 48.9. The van der Waals surface area contributed by atoms with E-state index >= 15 is 0 Å². The highest BCUT2D eigenvalue weighted by Gasteiger charge is 2.62. The second-order valence-corrected chi connectivity index (χ2v) is 11.6. The molecule has 0 aliphatic heterocycles. The summed E-state index contributed by atoms with van der Waals surface area (Å²) in [6.07, 6.45) is 14.4. The molecule has 4 fully saturated rings. The first-order chi connectivity index (χ1) is 13.8. The minimum absolute atomic E-state index is 0.0650. The summed E-state index contributed by atoms with van der Waals surface area (Å²) in [6, 6.07) is 4.00. The zero-order valence-electron chi connectivity index (χ0n) is 18.5. The minimum atomic E-state index is -0.782. The fourth-order valence-corrected chi connectivity index (χ4v) is 9.05. The molecule has 4 aliphatic rings. The van der Waals surface area contributed by atoms with Gasteiger partial charge in [0.25, 0.3) is 0 Å². The predicted octanol–water partition coefficient (Wildman–Crippen LogP) is 5.31. The molecule has 0 radical (unpaired) electrons. The first kappa shape index (κ1) is 20.0. The Morgan fingerprint density at radius 1 is 0.931 bits per heavy atom. The van der Waals surface area contributed by atoms with Gasteiger partial charge in [0.15, 0.2) is 0 Å². The topological polar surface area (TPSA) is 53.4 Å². The summed E-state index contributed by atoms with van der Waals surface area (Å²) in [4.78, 5) is 4.16. The van der Waals surface area contributed by atoms with Gasteiger partial charge < -0.3 is 10.2 Å². The van der Waals surface area contributed by atoms with Crippen LogP contribution < -0.4 is 0 Å². The van der Waals surface area contributed by atoms with Gasteiger partial charge in [-0.1, -0.05) is 13.8 Å². The predicted molar refractivity (Wildman–Crippen MR) is 115 cm³/mol. The molecule has 0 amide bonds. The van der Waals surface area contributed by atoms with Gasteiger partial charge in [-0.25, -0.2) is 0 Å². The van der Waals surface area contributed by atoms with Gasteiger partial charge in [0, 0.05) is 12.4 Å². The molecular formula is C26H39NO2. The van der Waals surface area contributed by atoms with Crippen molar-refractivity contribution in [1.29, 1.82) is 0 Å². The molecule has 0 aromatic carbocycles. The number of aliphatic hydroxyl groups is 2. The van der Waals surface area contributed by atoms with Gasteiger partial charge in [-0.3, -0.25) is 4.98 Å². The summed E-state index contributed by atoms with van der Waals surface area (Å²) in [7, 11) is 0. The van der Waals surface area contributed by atoms with E-state index in [0.29, 0.717) is 17.3 Å². The molecule has 0 spiro atoms. The smallest absolute Gasteiger partial charge is 0.0902 e. The first-order valence-electron chi connectivity index (χ1n) is 12.1. The molecule has 2 N–H and O–H groups in total. The van der Waals surface area contributed by atoms with Gasteiger partial charge in [-0.05, 0) is 123 Å². The Balaban J connectivity index is 1.43. The molecule has 3 nitrogen and oxygen atoms in total. The molecule has 29 heavy (non-hydrogen) atoms. The first-order valence-corrected chi connectivity index (χ1v) is 12.1. The largest absolute Gasteiger partial charge is 0.393 e. The van der Waals surface area contributed by atoms with Gasteiger partial charge in [-0.2, -0.15) is 0 Å². The zero-order valence-corrected chi connectivity index (χ0v) is 18.5. The minimum Gasteiger partial charge on any atom is -0.393 e. The number of fused-ring (bicyclic) bond motifs is 5. The maximum absolute atomic E-state index is 11.7. The van der Waals surface area contributed by atoms with Crippen LogP contribution in [0.3, 0.4) is 0 Å². The Hall–Kier alpha value is -0.930. The number of hydrogen-bond donors (Lipinski definition) is 2. The lowest BCUT2D eigenvalue weighted by Gasteiger charge is -2.61. The summed E-state index contributed by atoms with van der Waals surface area (Å²) >= 11 is 0. The van der Waals surface area contributed by atoms with Crippen molar-refractivity contribution in [3.05, 3.63) is 30.1 Å². The van der Waals surface area contributed by atoms with Crippen LogP contribution in [0.4, 0.5) is 0 Å². The summed E-state index contributed by atoms with van der Waals surface area (Å²) in [5.41, 5.74) is 0.897. The van der Waals surface area contributed by atoms with E-state index in [4.69, 9.17) is 0 Å². The van der Waals surface area contributed by atoms with Crippen LogP contribution in [0.5, 0.6) is 0 Å². The van der Waals surface area contributed by atoms with Crippen molar-refractivity contribution in [2.75, 3.05) is 0 Å². The lowest BCUT2D eigenvalue weighted by atomic mass is 9.44. The Bertz CT molecular complexity index is 748. The zero-order chi connectivity index (χ0) is 20.4. The molecule has 9 atom stereocenters. The summed E-state index contributed by atoms with van der Waals surface area (Å²) < 4.78 is 0. The maximum atomic E-state index is 11.7. The van der Waals surface area contributed by atoms with Crippen LogP contribution in [0.25, 0.3) is 0 Å². The van der Waals surface area contributed by atoms with Gasteiger partial charge in [0.1, 0.15) is 0 Å². The third kappa shape index (κ3) is 2.86. The fraction of sp³-hybridized carbons (Fsp3) is 0.808. The number of aromatic nitrogens is 1. The number of hydrogen-bond acceptors (Lipinski definition) is 3. The van der Waals surface area contributed by atoms with Crippen molar-refractivity contribution in [2.24, 2.45) is 40.4 Å². The van der Waals surface area contributed by atoms with E-state index in [1.165, 1.54) is 38.5 Å². The van der Waals surface area contributed by atoms with Crippen LogP contribution in [0.15, 0.2) is 24.5 Å². The molecule has 1 heterocycles. The van der Waals surface area contributed by atoms with E-state index in [1.807, 2.05) is 31.5 Å².